The van der Waals surface area contributed by atoms with Crippen molar-refractivity contribution >= 4 is 5.91 Å². The van der Waals surface area contributed by atoms with Crippen LogP contribution in [0.2, 0.25) is 0 Å². The monoisotopic (exact) mass is 293 g/mol. The Balaban J connectivity index is 3.12. The maximum atomic E-state index is 12.3. The van der Waals surface area contributed by atoms with E-state index in [0.717, 1.165) is 4.90 Å². The lowest BCUT2D eigenvalue weighted by Gasteiger charge is -2.18. The van der Waals surface area contributed by atoms with Crippen LogP contribution in [-0.4, -0.2) is 30.5 Å². The standard InChI is InChI=1S/C14H13F2N3O2/c1-9-7-11(8-10(2)12(9)21-14(15)16)13(20)19(5-3-17)6-4-18/h7-8,14H,5-6H2,1-2H3. The number of carbonyl (C=O) groups excluding carboxylic acids is 1. The molecule has 0 saturated carbocycles. The molecule has 0 spiro atoms. The van der Waals surface area contributed by atoms with Crippen LogP contribution in [0.1, 0.15) is 21.5 Å². The Morgan fingerprint density at radius 1 is 1.24 bits per heavy atom. The normalized spacial score (nSPS) is 9.86. The second kappa shape index (κ2) is 7.20. The molecule has 0 aliphatic heterocycles. The minimum Gasteiger partial charge on any atom is -0.434 e. The summed E-state index contributed by atoms with van der Waals surface area (Å²) < 4.78 is 29.0. The summed E-state index contributed by atoms with van der Waals surface area (Å²) in [4.78, 5) is 13.3. The van der Waals surface area contributed by atoms with Crippen LogP contribution in [-0.2, 0) is 0 Å². The zero-order valence-electron chi connectivity index (χ0n) is 11.6. The quantitative estimate of drug-likeness (QED) is 0.781. The SMILES string of the molecule is Cc1cc(C(=O)N(CC#N)CC#N)cc(C)c1OC(F)F. The Bertz CT molecular complexity index is 579. The van der Waals surface area contributed by atoms with Crippen LogP contribution in [0, 0.1) is 36.5 Å². The first-order valence-electron chi connectivity index (χ1n) is 6.00. The van der Waals surface area contributed by atoms with Gasteiger partial charge in [-0.2, -0.15) is 19.3 Å². The van der Waals surface area contributed by atoms with Gasteiger partial charge in [0.2, 0.25) is 0 Å². The number of halogens is 2. The molecule has 0 fully saturated rings. The molecule has 0 aliphatic rings. The van der Waals surface area contributed by atoms with Crippen molar-refractivity contribution in [2.75, 3.05) is 13.1 Å². The van der Waals surface area contributed by atoms with Gasteiger partial charge in [-0.1, -0.05) is 0 Å². The zero-order valence-corrected chi connectivity index (χ0v) is 11.6. The van der Waals surface area contributed by atoms with Gasteiger partial charge in [-0.25, -0.2) is 0 Å². The molecule has 0 N–H and O–H groups in total. The van der Waals surface area contributed by atoms with Crippen LogP contribution < -0.4 is 4.74 Å². The van der Waals surface area contributed by atoms with Crippen LogP contribution in [0.15, 0.2) is 12.1 Å². The van der Waals surface area contributed by atoms with E-state index in [2.05, 4.69) is 4.74 Å². The first-order valence-corrected chi connectivity index (χ1v) is 6.00. The molecule has 0 unspecified atom stereocenters. The van der Waals surface area contributed by atoms with Crippen LogP contribution in [0.5, 0.6) is 5.75 Å². The number of nitriles is 2. The van der Waals surface area contributed by atoms with Gasteiger partial charge < -0.3 is 9.64 Å². The molecular formula is C14H13F2N3O2. The Labute approximate surface area is 121 Å². The van der Waals surface area contributed by atoms with Gasteiger partial charge in [-0.3, -0.25) is 4.79 Å². The molecule has 1 aromatic carbocycles. The average molecular weight is 293 g/mol. The van der Waals surface area contributed by atoms with Crippen molar-refractivity contribution in [3.63, 3.8) is 0 Å². The van der Waals surface area contributed by atoms with Gasteiger partial charge in [0.15, 0.2) is 0 Å². The fraction of sp³-hybridized carbons (Fsp3) is 0.357. The molecule has 1 aromatic rings. The first-order chi connectivity index (χ1) is 9.90. The molecule has 1 rings (SSSR count). The topological polar surface area (TPSA) is 77.1 Å². The van der Waals surface area contributed by atoms with E-state index in [4.69, 9.17) is 10.5 Å². The molecule has 0 saturated heterocycles. The van der Waals surface area contributed by atoms with E-state index < -0.39 is 12.5 Å². The molecular weight excluding hydrogens is 280 g/mol. The Kier molecular flexibility index (Phi) is 5.62. The van der Waals surface area contributed by atoms with Gasteiger partial charge in [0.05, 0.1) is 12.1 Å². The third-order valence-corrected chi connectivity index (χ3v) is 2.72. The van der Waals surface area contributed by atoms with Gasteiger partial charge in [0.1, 0.15) is 18.8 Å². The van der Waals surface area contributed by atoms with E-state index in [1.54, 1.807) is 26.0 Å². The van der Waals surface area contributed by atoms with Gasteiger partial charge in [0.25, 0.3) is 5.91 Å². The molecule has 0 atom stereocenters. The van der Waals surface area contributed by atoms with E-state index in [9.17, 15) is 13.6 Å². The number of ether oxygens (including phenoxy) is 1. The molecule has 110 valence electrons. The van der Waals surface area contributed by atoms with E-state index in [1.165, 1.54) is 12.1 Å². The maximum Gasteiger partial charge on any atom is 0.387 e. The number of hydrogen-bond donors (Lipinski definition) is 0. The van der Waals surface area contributed by atoms with E-state index >= 15 is 0 Å². The van der Waals surface area contributed by atoms with Crippen molar-refractivity contribution in [3.8, 4) is 17.9 Å². The highest BCUT2D eigenvalue weighted by Crippen LogP contribution is 2.27. The summed E-state index contributed by atoms with van der Waals surface area (Å²) in [7, 11) is 0. The molecule has 0 aromatic heterocycles. The van der Waals surface area contributed by atoms with Crippen LogP contribution >= 0.6 is 0 Å². The summed E-state index contributed by atoms with van der Waals surface area (Å²) in [6.45, 7) is -0.307. The van der Waals surface area contributed by atoms with Gasteiger partial charge >= 0.3 is 6.61 Å². The molecule has 21 heavy (non-hydrogen) atoms. The largest absolute Gasteiger partial charge is 0.434 e. The summed E-state index contributed by atoms with van der Waals surface area (Å²) in [5, 5.41) is 17.3. The average Bonchev–Trinajstić information content (AvgIpc) is 2.41. The third kappa shape index (κ3) is 4.15. The molecule has 0 radical (unpaired) electrons. The number of benzene rings is 1. The summed E-state index contributed by atoms with van der Waals surface area (Å²) >= 11 is 0. The smallest absolute Gasteiger partial charge is 0.387 e. The summed E-state index contributed by atoms with van der Waals surface area (Å²) in [5.74, 6) is -0.485. The Morgan fingerprint density at radius 3 is 2.10 bits per heavy atom. The van der Waals surface area contributed by atoms with Crippen molar-refractivity contribution in [1.29, 1.82) is 10.5 Å². The lowest BCUT2D eigenvalue weighted by Crippen LogP contribution is -2.31. The van der Waals surface area contributed by atoms with Crippen LogP contribution in [0.3, 0.4) is 0 Å². The predicted molar refractivity (Wildman–Crippen MR) is 69.7 cm³/mol. The summed E-state index contributed by atoms with van der Waals surface area (Å²) in [6, 6.07) is 6.40. The van der Waals surface area contributed by atoms with Crippen LogP contribution in [0.25, 0.3) is 0 Å². The molecule has 7 heteroatoms. The molecule has 5 nitrogen and oxygen atoms in total. The Morgan fingerprint density at radius 2 is 1.71 bits per heavy atom. The number of carbonyl (C=O) groups is 1. The number of nitrogens with zero attached hydrogens (tertiary/aromatic N) is 3. The van der Waals surface area contributed by atoms with Crippen molar-refractivity contribution in [1.82, 2.24) is 4.90 Å². The van der Waals surface area contributed by atoms with Crippen molar-refractivity contribution in [2.24, 2.45) is 0 Å². The first kappa shape index (κ1) is 16.4. The number of alkyl halides is 2. The number of amides is 1. The summed E-state index contributed by atoms with van der Waals surface area (Å²) in [5.41, 5.74) is 0.983. The second-order valence-electron chi connectivity index (χ2n) is 4.30. The zero-order chi connectivity index (χ0) is 16.0. The van der Waals surface area contributed by atoms with Gasteiger partial charge in [-0.15, -0.1) is 0 Å². The van der Waals surface area contributed by atoms with Crippen LogP contribution in [0.4, 0.5) is 8.78 Å². The van der Waals surface area contributed by atoms with E-state index in [1.807, 2.05) is 0 Å². The van der Waals surface area contributed by atoms with Crippen molar-refractivity contribution in [2.45, 2.75) is 20.5 Å². The lowest BCUT2D eigenvalue weighted by atomic mass is 10.0. The minimum absolute atomic E-state index is 0.0219. The molecule has 0 bridgehead atoms. The fourth-order valence-electron chi connectivity index (χ4n) is 1.90. The highest BCUT2D eigenvalue weighted by atomic mass is 19.3. The fourth-order valence-corrected chi connectivity index (χ4v) is 1.90. The lowest BCUT2D eigenvalue weighted by molar-refractivity contribution is -0.0507. The van der Waals surface area contributed by atoms with Crippen molar-refractivity contribution in [3.05, 3.63) is 28.8 Å². The highest BCUT2D eigenvalue weighted by molar-refractivity contribution is 5.95. The number of hydrogen-bond acceptors (Lipinski definition) is 4. The van der Waals surface area contributed by atoms with E-state index in [-0.39, 0.29) is 24.4 Å². The minimum atomic E-state index is -2.95. The Hall–Kier alpha value is -2.67. The second-order valence-corrected chi connectivity index (χ2v) is 4.30. The maximum absolute atomic E-state index is 12.3. The summed E-state index contributed by atoms with van der Waals surface area (Å²) in [6.07, 6.45) is 0. The molecule has 0 heterocycles. The number of aryl methyl sites for hydroxylation is 2. The van der Waals surface area contributed by atoms with Crippen molar-refractivity contribution < 1.29 is 18.3 Å². The van der Waals surface area contributed by atoms with E-state index in [0.29, 0.717) is 11.1 Å². The molecule has 0 aliphatic carbocycles. The van der Waals surface area contributed by atoms with Gasteiger partial charge in [-0.05, 0) is 37.1 Å². The number of rotatable bonds is 5. The molecule has 1 amide bonds. The highest BCUT2D eigenvalue weighted by Gasteiger charge is 2.19. The van der Waals surface area contributed by atoms with Gasteiger partial charge in [0, 0.05) is 5.56 Å². The third-order valence-electron chi connectivity index (χ3n) is 2.72. The predicted octanol–water partition coefficient (Wildman–Crippen LogP) is 2.39.